The van der Waals surface area contributed by atoms with Crippen LogP contribution >= 0.6 is 0 Å². The first-order valence-corrected chi connectivity index (χ1v) is 6.91. The number of nitrogens with one attached hydrogen (secondary N) is 1. The van der Waals surface area contributed by atoms with Crippen LogP contribution in [-0.2, 0) is 11.3 Å². The van der Waals surface area contributed by atoms with Crippen LogP contribution in [0.4, 0.5) is 8.78 Å². The Balaban J connectivity index is 1.86. The summed E-state index contributed by atoms with van der Waals surface area (Å²) in [7, 11) is 1.69. The minimum absolute atomic E-state index is 0.0991. The van der Waals surface area contributed by atoms with Crippen LogP contribution in [0.1, 0.15) is 24.3 Å². The van der Waals surface area contributed by atoms with Crippen LogP contribution in [-0.4, -0.2) is 24.4 Å². The predicted octanol–water partition coefficient (Wildman–Crippen LogP) is 2.87. The Kier molecular flexibility index (Phi) is 5.27. The molecule has 0 fully saturated rings. The first-order valence-electron chi connectivity index (χ1n) is 6.91. The number of amides is 1. The van der Waals surface area contributed by atoms with Crippen LogP contribution in [0, 0.1) is 11.6 Å². The summed E-state index contributed by atoms with van der Waals surface area (Å²) >= 11 is 0. The molecule has 0 saturated heterocycles. The quantitative estimate of drug-likeness (QED) is 0.892. The highest BCUT2D eigenvalue weighted by atomic mass is 19.1. The monoisotopic (exact) mass is 308 g/mol. The Morgan fingerprint density at radius 2 is 2.14 bits per heavy atom. The van der Waals surface area contributed by atoms with Gasteiger partial charge in [-0.1, -0.05) is 6.07 Å². The second kappa shape index (κ2) is 7.17. The van der Waals surface area contributed by atoms with E-state index < -0.39 is 11.6 Å². The zero-order valence-electron chi connectivity index (χ0n) is 12.5. The van der Waals surface area contributed by atoms with E-state index in [-0.39, 0.29) is 25.0 Å². The van der Waals surface area contributed by atoms with E-state index in [0.717, 1.165) is 6.07 Å². The third kappa shape index (κ3) is 4.39. The Hall–Kier alpha value is -2.21. The van der Waals surface area contributed by atoms with E-state index in [4.69, 9.17) is 4.42 Å². The summed E-state index contributed by atoms with van der Waals surface area (Å²) in [6.07, 6.45) is 1.54. The summed E-state index contributed by atoms with van der Waals surface area (Å²) < 4.78 is 31.6. The zero-order valence-corrected chi connectivity index (χ0v) is 12.5. The molecule has 4 nitrogen and oxygen atoms in total. The fourth-order valence-corrected chi connectivity index (χ4v) is 2.14. The molecule has 1 aromatic heterocycles. The minimum Gasteiger partial charge on any atom is -0.467 e. The van der Waals surface area contributed by atoms with Crippen LogP contribution < -0.4 is 5.32 Å². The van der Waals surface area contributed by atoms with Gasteiger partial charge in [0.2, 0.25) is 5.91 Å². The fraction of sp³-hybridized carbons (Fsp3) is 0.312. The van der Waals surface area contributed by atoms with E-state index in [9.17, 15) is 13.6 Å². The number of benzene rings is 1. The zero-order chi connectivity index (χ0) is 16.1. The van der Waals surface area contributed by atoms with Crippen LogP contribution in [0.3, 0.4) is 0 Å². The summed E-state index contributed by atoms with van der Waals surface area (Å²) in [5.74, 6) is -0.764. The summed E-state index contributed by atoms with van der Waals surface area (Å²) in [6.45, 7) is 2.13. The van der Waals surface area contributed by atoms with Gasteiger partial charge in [-0.05, 0) is 32.2 Å². The van der Waals surface area contributed by atoms with E-state index in [1.807, 2.05) is 6.92 Å². The number of rotatable bonds is 6. The van der Waals surface area contributed by atoms with Crippen LogP contribution in [0.15, 0.2) is 41.0 Å². The molecule has 0 bridgehead atoms. The Labute approximate surface area is 127 Å². The average molecular weight is 308 g/mol. The van der Waals surface area contributed by atoms with Crippen molar-refractivity contribution < 1.29 is 18.0 Å². The molecular weight excluding hydrogens is 290 g/mol. The molecule has 0 aliphatic carbocycles. The van der Waals surface area contributed by atoms with E-state index in [2.05, 4.69) is 5.32 Å². The molecule has 1 heterocycles. The average Bonchev–Trinajstić information content (AvgIpc) is 2.95. The van der Waals surface area contributed by atoms with E-state index >= 15 is 0 Å². The van der Waals surface area contributed by atoms with Crippen LogP contribution in [0.25, 0.3) is 0 Å². The molecule has 1 N–H and O–H groups in total. The van der Waals surface area contributed by atoms with Crippen molar-refractivity contribution in [1.82, 2.24) is 10.2 Å². The van der Waals surface area contributed by atoms with Gasteiger partial charge >= 0.3 is 0 Å². The third-order valence-electron chi connectivity index (χ3n) is 3.22. The molecule has 0 aliphatic heterocycles. The smallest absolute Gasteiger partial charge is 0.234 e. The first kappa shape index (κ1) is 16.2. The lowest BCUT2D eigenvalue weighted by Crippen LogP contribution is -2.36. The third-order valence-corrected chi connectivity index (χ3v) is 3.22. The molecular formula is C16H18F2N2O2. The normalized spacial score (nSPS) is 12.4. The van der Waals surface area contributed by atoms with Gasteiger partial charge in [0.25, 0.3) is 0 Å². The van der Waals surface area contributed by atoms with Crippen molar-refractivity contribution in [3.8, 4) is 0 Å². The Morgan fingerprint density at radius 3 is 2.77 bits per heavy atom. The molecule has 0 unspecified atom stereocenters. The molecule has 118 valence electrons. The maximum absolute atomic E-state index is 13.6. The second-order valence-corrected chi connectivity index (χ2v) is 5.21. The number of furan rings is 1. The van der Waals surface area contributed by atoms with Gasteiger partial charge in [-0.15, -0.1) is 0 Å². The van der Waals surface area contributed by atoms with Gasteiger partial charge in [-0.2, -0.15) is 0 Å². The SMILES string of the molecule is C[C@H](NC(=O)CN(C)Cc1ccc(F)cc1F)c1ccco1. The number of likely N-dealkylation sites (N-methyl/N-ethyl adjacent to an activating group) is 1. The highest BCUT2D eigenvalue weighted by Crippen LogP contribution is 2.13. The molecule has 1 amide bonds. The lowest BCUT2D eigenvalue weighted by atomic mass is 10.2. The standard InChI is InChI=1S/C16H18F2N2O2/c1-11(15-4-3-7-22-15)19-16(21)10-20(2)9-12-5-6-13(17)8-14(12)18/h3-8,11H,9-10H2,1-2H3,(H,19,21)/t11-/m0/s1. The summed E-state index contributed by atoms with van der Waals surface area (Å²) in [6, 6.07) is 6.71. The maximum atomic E-state index is 13.6. The number of carbonyl (C=O) groups excluding carboxylic acids is 1. The topological polar surface area (TPSA) is 45.5 Å². The molecule has 2 aromatic rings. The lowest BCUT2D eigenvalue weighted by Gasteiger charge is -2.18. The van der Waals surface area contributed by atoms with Gasteiger partial charge < -0.3 is 9.73 Å². The number of halogens is 2. The maximum Gasteiger partial charge on any atom is 0.234 e. The highest BCUT2D eigenvalue weighted by molar-refractivity contribution is 5.78. The number of nitrogens with zero attached hydrogens (tertiary/aromatic N) is 1. The molecule has 0 saturated carbocycles. The van der Waals surface area contributed by atoms with E-state index in [1.54, 1.807) is 30.3 Å². The van der Waals surface area contributed by atoms with Gasteiger partial charge in [-0.25, -0.2) is 8.78 Å². The van der Waals surface area contributed by atoms with Crippen molar-refractivity contribution in [3.63, 3.8) is 0 Å². The van der Waals surface area contributed by atoms with Crippen molar-refractivity contribution in [1.29, 1.82) is 0 Å². The molecule has 2 rings (SSSR count). The Morgan fingerprint density at radius 1 is 1.36 bits per heavy atom. The number of carbonyl (C=O) groups is 1. The second-order valence-electron chi connectivity index (χ2n) is 5.21. The van der Waals surface area contributed by atoms with Crippen molar-refractivity contribution in [2.75, 3.05) is 13.6 Å². The predicted molar refractivity (Wildman–Crippen MR) is 78.0 cm³/mol. The van der Waals surface area contributed by atoms with Gasteiger partial charge in [0, 0.05) is 18.2 Å². The van der Waals surface area contributed by atoms with Crippen molar-refractivity contribution >= 4 is 5.91 Å². The van der Waals surface area contributed by atoms with Gasteiger partial charge in [0.05, 0.1) is 18.8 Å². The summed E-state index contributed by atoms with van der Waals surface area (Å²) in [4.78, 5) is 13.6. The lowest BCUT2D eigenvalue weighted by molar-refractivity contribution is -0.122. The number of hydrogen-bond donors (Lipinski definition) is 1. The van der Waals surface area contributed by atoms with Gasteiger partial charge in [-0.3, -0.25) is 9.69 Å². The Bertz CT molecular complexity index is 629. The van der Waals surface area contributed by atoms with E-state index in [0.29, 0.717) is 11.3 Å². The van der Waals surface area contributed by atoms with E-state index in [1.165, 1.54) is 12.1 Å². The molecule has 0 spiro atoms. The summed E-state index contributed by atoms with van der Waals surface area (Å²) in [5.41, 5.74) is 0.343. The first-order chi connectivity index (χ1) is 10.5. The molecule has 1 atom stereocenters. The van der Waals surface area contributed by atoms with Crippen molar-refractivity contribution in [2.24, 2.45) is 0 Å². The van der Waals surface area contributed by atoms with Gasteiger partial charge in [0.1, 0.15) is 17.4 Å². The molecule has 0 radical (unpaired) electrons. The molecule has 1 aromatic carbocycles. The molecule has 22 heavy (non-hydrogen) atoms. The largest absolute Gasteiger partial charge is 0.467 e. The fourth-order valence-electron chi connectivity index (χ4n) is 2.14. The minimum atomic E-state index is -0.617. The van der Waals surface area contributed by atoms with Crippen molar-refractivity contribution in [2.45, 2.75) is 19.5 Å². The van der Waals surface area contributed by atoms with Crippen molar-refractivity contribution in [3.05, 3.63) is 59.6 Å². The molecule has 6 heteroatoms. The summed E-state index contributed by atoms with van der Waals surface area (Å²) in [5, 5.41) is 2.79. The highest BCUT2D eigenvalue weighted by Gasteiger charge is 2.14. The van der Waals surface area contributed by atoms with Gasteiger partial charge in [0.15, 0.2) is 0 Å². The number of hydrogen-bond acceptors (Lipinski definition) is 3. The van der Waals surface area contributed by atoms with Crippen LogP contribution in [0.2, 0.25) is 0 Å². The molecule has 0 aliphatic rings. The van der Waals surface area contributed by atoms with Crippen LogP contribution in [0.5, 0.6) is 0 Å².